The molecule has 0 spiro atoms. The lowest BCUT2D eigenvalue weighted by Gasteiger charge is -2.03. The van der Waals surface area contributed by atoms with Crippen LogP contribution in [-0.2, 0) is 17.8 Å². The van der Waals surface area contributed by atoms with Crippen molar-refractivity contribution < 1.29 is 4.79 Å². The summed E-state index contributed by atoms with van der Waals surface area (Å²) in [6.45, 7) is 0.375. The Morgan fingerprint density at radius 1 is 1.30 bits per heavy atom. The molecule has 0 aliphatic heterocycles. The number of thiophene rings is 1. The molecule has 2 aromatic heterocycles. The molecule has 0 saturated heterocycles. The highest BCUT2D eigenvalue weighted by molar-refractivity contribution is 7.12. The average molecular weight is 347 g/mol. The number of halogens is 1. The number of nitrogens with one attached hydrogen (secondary N) is 1. The van der Waals surface area contributed by atoms with Gasteiger partial charge < -0.3 is 5.32 Å². The Morgan fingerprint density at radius 3 is 3.00 bits per heavy atom. The zero-order valence-electron chi connectivity index (χ0n) is 12.3. The molecular formula is C16H15ClN4OS. The third-order valence-corrected chi connectivity index (χ3v) is 4.36. The Hall–Kier alpha value is -2.18. The van der Waals surface area contributed by atoms with Crippen molar-refractivity contribution >= 4 is 28.8 Å². The summed E-state index contributed by atoms with van der Waals surface area (Å²) in [6, 6.07) is 11.5. The van der Waals surface area contributed by atoms with E-state index in [1.165, 1.54) is 0 Å². The van der Waals surface area contributed by atoms with Crippen LogP contribution in [0.15, 0.2) is 48.0 Å². The summed E-state index contributed by atoms with van der Waals surface area (Å²) in [5.41, 5.74) is 1.78. The van der Waals surface area contributed by atoms with Gasteiger partial charge >= 0.3 is 0 Å². The van der Waals surface area contributed by atoms with Gasteiger partial charge in [-0.3, -0.25) is 4.79 Å². The molecule has 3 aromatic rings. The fraction of sp³-hybridized carbons (Fsp3) is 0.188. The van der Waals surface area contributed by atoms with Crippen LogP contribution >= 0.6 is 22.9 Å². The molecule has 1 amide bonds. The summed E-state index contributed by atoms with van der Waals surface area (Å²) >= 11 is 7.51. The minimum absolute atomic E-state index is 0.0179. The van der Waals surface area contributed by atoms with Crippen molar-refractivity contribution in [1.82, 2.24) is 20.3 Å². The zero-order valence-corrected chi connectivity index (χ0v) is 13.8. The lowest BCUT2D eigenvalue weighted by molar-refractivity contribution is -0.121. The van der Waals surface area contributed by atoms with E-state index in [9.17, 15) is 4.79 Å². The average Bonchev–Trinajstić information content (AvgIpc) is 3.22. The Kier molecular flexibility index (Phi) is 5.05. The number of aryl methyl sites for hydroxylation is 1. The largest absolute Gasteiger partial charge is 0.350 e. The lowest BCUT2D eigenvalue weighted by atomic mass is 10.1. The van der Waals surface area contributed by atoms with Crippen LogP contribution in [-0.4, -0.2) is 20.9 Å². The topological polar surface area (TPSA) is 59.8 Å². The molecule has 0 aliphatic rings. The van der Waals surface area contributed by atoms with E-state index < -0.39 is 0 Å². The fourth-order valence-electron chi connectivity index (χ4n) is 2.12. The first-order valence-electron chi connectivity index (χ1n) is 7.17. The Balaban J connectivity index is 1.47. The number of aromatic nitrogens is 3. The molecule has 23 heavy (non-hydrogen) atoms. The van der Waals surface area contributed by atoms with E-state index in [0.29, 0.717) is 24.4 Å². The normalized spacial score (nSPS) is 10.7. The molecule has 0 saturated carbocycles. The van der Waals surface area contributed by atoms with Gasteiger partial charge in [-0.15, -0.1) is 16.4 Å². The molecule has 5 nitrogen and oxygen atoms in total. The Labute approximate surface area is 142 Å². The van der Waals surface area contributed by atoms with Crippen molar-refractivity contribution in [2.45, 2.75) is 19.4 Å². The van der Waals surface area contributed by atoms with E-state index in [-0.39, 0.29) is 5.91 Å². The molecule has 3 rings (SSSR count). The zero-order chi connectivity index (χ0) is 16.1. The second-order valence-corrected chi connectivity index (χ2v) is 6.37. The van der Waals surface area contributed by atoms with Crippen molar-refractivity contribution in [2.24, 2.45) is 0 Å². The third kappa shape index (κ3) is 4.40. The van der Waals surface area contributed by atoms with Crippen molar-refractivity contribution in [3.05, 3.63) is 64.3 Å². The first-order chi connectivity index (χ1) is 11.2. The van der Waals surface area contributed by atoms with E-state index in [0.717, 1.165) is 16.3 Å². The highest BCUT2D eigenvalue weighted by Gasteiger charge is 2.06. The molecule has 7 heteroatoms. The second-order valence-electron chi connectivity index (χ2n) is 5.01. The summed E-state index contributed by atoms with van der Waals surface area (Å²) in [4.78, 5) is 11.9. The van der Waals surface area contributed by atoms with Gasteiger partial charge in [0.1, 0.15) is 10.7 Å². The molecule has 0 bridgehead atoms. The van der Waals surface area contributed by atoms with Crippen molar-refractivity contribution in [3.8, 4) is 5.00 Å². The SMILES string of the molecule is O=C(CCc1cccc(Cl)c1)NCc1cn(-c2cccs2)nn1. The molecule has 0 unspecified atom stereocenters. The number of nitrogens with zero attached hydrogens (tertiary/aromatic N) is 3. The summed E-state index contributed by atoms with van der Waals surface area (Å²) in [5, 5.41) is 14.6. The predicted molar refractivity (Wildman–Crippen MR) is 90.9 cm³/mol. The third-order valence-electron chi connectivity index (χ3n) is 3.27. The quantitative estimate of drug-likeness (QED) is 0.745. The van der Waals surface area contributed by atoms with Crippen LogP contribution in [0, 0.1) is 0 Å². The van der Waals surface area contributed by atoms with E-state index in [2.05, 4.69) is 15.6 Å². The molecular weight excluding hydrogens is 332 g/mol. The van der Waals surface area contributed by atoms with Crippen LogP contribution in [0.2, 0.25) is 5.02 Å². The van der Waals surface area contributed by atoms with Crippen LogP contribution in [0.3, 0.4) is 0 Å². The Morgan fingerprint density at radius 2 is 2.22 bits per heavy atom. The van der Waals surface area contributed by atoms with Crippen LogP contribution in [0.4, 0.5) is 0 Å². The maximum atomic E-state index is 11.9. The van der Waals surface area contributed by atoms with Gasteiger partial charge in [-0.2, -0.15) is 0 Å². The molecule has 0 atom stereocenters. The number of benzene rings is 1. The molecule has 0 fully saturated rings. The number of hydrogen-bond acceptors (Lipinski definition) is 4. The van der Waals surface area contributed by atoms with Crippen molar-refractivity contribution in [1.29, 1.82) is 0 Å². The first kappa shape index (κ1) is 15.7. The smallest absolute Gasteiger partial charge is 0.220 e. The van der Waals surface area contributed by atoms with E-state index in [1.54, 1.807) is 16.0 Å². The predicted octanol–water partition coefficient (Wildman–Crippen LogP) is 3.23. The lowest BCUT2D eigenvalue weighted by Crippen LogP contribution is -2.23. The monoisotopic (exact) mass is 346 g/mol. The highest BCUT2D eigenvalue weighted by Crippen LogP contribution is 2.14. The fourth-order valence-corrected chi connectivity index (χ4v) is 2.98. The van der Waals surface area contributed by atoms with E-state index >= 15 is 0 Å². The van der Waals surface area contributed by atoms with Gasteiger partial charge in [0, 0.05) is 11.4 Å². The van der Waals surface area contributed by atoms with Crippen LogP contribution in [0.1, 0.15) is 17.7 Å². The van der Waals surface area contributed by atoms with Crippen molar-refractivity contribution in [2.75, 3.05) is 0 Å². The minimum atomic E-state index is -0.0179. The molecule has 1 aromatic carbocycles. The summed E-state index contributed by atoms with van der Waals surface area (Å²) < 4.78 is 1.71. The number of amides is 1. The van der Waals surface area contributed by atoms with E-state index in [1.807, 2.05) is 48.0 Å². The summed E-state index contributed by atoms with van der Waals surface area (Å²) in [7, 11) is 0. The first-order valence-corrected chi connectivity index (χ1v) is 8.43. The number of carbonyl (C=O) groups is 1. The van der Waals surface area contributed by atoms with E-state index in [4.69, 9.17) is 11.6 Å². The summed E-state index contributed by atoms with van der Waals surface area (Å²) in [6.07, 6.45) is 2.90. The number of carbonyl (C=O) groups excluding carboxylic acids is 1. The number of hydrogen-bond donors (Lipinski definition) is 1. The van der Waals surface area contributed by atoms with Crippen molar-refractivity contribution in [3.63, 3.8) is 0 Å². The Bertz CT molecular complexity index is 785. The minimum Gasteiger partial charge on any atom is -0.350 e. The molecule has 1 N–H and O–H groups in total. The molecule has 118 valence electrons. The van der Waals surface area contributed by atoms with Gasteiger partial charge in [0.2, 0.25) is 5.91 Å². The molecule has 2 heterocycles. The van der Waals surface area contributed by atoms with Crippen LogP contribution in [0.25, 0.3) is 5.00 Å². The van der Waals surface area contributed by atoms with Gasteiger partial charge in [0.25, 0.3) is 0 Å². The molecule has 0 aliphatic carbocycles. The second kappa shape index (κ2) is 7.39. The van der Waals surface area contributed by atoms with Gasteiger partial charge in [-0.05, 0) is 41.6 Å². The standard InChI is InChI=1S/C16H15ClN4OS/c17-13-4-1-3-12(9-13)6-7-15(22)18-10-14-11-21(20-19-14)16-5-2-8-23-16/h1-5,8-9,11H,6-7,10H2,(H,18,22). The van der Waals surface area contributed by atoms with Crippen LogP contribution in [0.5, 0.6) is 0 Å². The maximum Gasteiger partial charge on any atom is 0.220 e. The van der Waals surface area contributed by atoms with Gasteiger partial charge in [-0.25, -0.2) is 4.68 Å². The summed E-state index contributed by atoms with van der Waals surface area (Å²) in [5.74, 6) is -0.0179. The van der Waals surface area contributed by atoms with Gasteiger partial charge in [-0.1, -0.05) is 28.9 Å². The van der Waals surface area contributed by atoms with Gasteiger partial charge in [0.05, 0.1) is 12.7 Å². The highest BCUT2D eigenvalue weighted by atomic mass is 35.5. The molecule has 0 radical (unpaired) electrons. The maximum absolute atomic E-state index is 11.9. The van der Waals surface area contributed by atoms with Gasteiger partial charge in [0.15, 0.2) is 0 Å². The number of rotatable bonds is 6. The van der Waals surface area contributed by atoms with Crippen LogP contribution < -0.4 is 5.32 Å².